The monoisotopic (exact) mass is 267 g/mol. The summed E-state index contributed by atoms with van der Waals surface area (Å²) in [5, 5.41) is 0. The van der Waals surface area contributed by atoms with Gasteiger partial charge in [-0.25, -0.2) is 0 Å². The first kappa shape index (κ1) is 14.3. The molecule has 2 rings (SSSR count). The number of carbonyl (C=O) groups is 1. The molecule has 2 nitrogen and oxygen atoms in total. The van der Waals surface area contributed by atoms with Crippen LogP contribution in [0.5, 0.6) is 0 Å². The van der Waals surface area contributed by atoms with Crippen LogP contribution < -0.4 is 5.73 Å². The summed E-state index contributed by atoms with van der Waals surface area (Å²) in [6.45, 7) is 4.10. The molecule has 0 atom stereocenters. The first-order chi connectivity index (χ1) is 9.63. The van der Waals surface area contributed by atoms with Gasteiger partial charge in [0, 0.05) is 16.8 Å². The summed E-state index contributed by atoms with van der Waals surface area (Å²) in [7, 11) is 0. The van der Waals surface area contributed by atoms with E-state index in [0.717, 1.165) is 12.0 Å². The topological polar surface area (TPSA) is 43.1 Å². The Balaban J connectivity index is 2.23. The maximum absolute atomic E-state index is 12.5. The van der Waals surface area contributed by atoms with Crippen molar-refractivity contribution in [2.45, 2.75) is 33.1 Å². The molecule has 2 aromatic carbocycles. The number of carbonyl (C=O) groups excluding carboxylic acids is 1. The number of hydrogen-bond acceptors (Lipinski definition) is 2. The van der Waals surface area contributed by atoms with E-state index in [4.69, 9.17) is 5.73 Å². The number of aryl methyl sites for hydroxylation is 2. The van der Waals surface area contributed by atoms with Gasteiger partial charge in [0.2, 0.25) is 0 Å². The Morgan fingerprint density at radius 1 is 1.10 bits per heavy atom. The van der Waals surface area contributed by atoms with Crippen LogP contribution in [0, 0.1) is 6.92 Å². The van der Waals surface area contributed by atoms with Crippen LogP contribution in [0.3, 0.4) is 0 Å². The van der Waals surface area contributed by atoms with E-state index in [0.29, 0.717) is 16.8 Å². The van der Waals surface area contributed by atoms with E-state index < -0.39 is 0 Å². The molecule has 0 spiro atoms. The zero-order chi connectivity index (χ0) is 14.5. The Hall–Kier alpha value is -2.09. The Morgan fingerprint density at radius 3 is 2.45 bits per heavy atom. The van der Waals surface area contributed by atoms with Gasteiger partial charge in [0.1, 0.15) is 0 Å². The highest BCUT2D eigenvalue weighted by Crippen LogP contribution is 2.20. The number of unbranched alkanes of at least 4 members (excludes halogenated alkanes) is 1. The lowest BCUT2D eigenvalue weighted by atomic mass is 9.98. The van der Waals surface area contributed by atoms with Gasteiger partial charge >= 0.3 is 0 Å². The molecule has 0 aliphatic carbocycles. The van der Waals surface area contributed by atoms with E-state index >= 15 is 0 Å². The van der Waals surface area contributed by atoms with E-state index in [9.17, 15) is 4.79 Å². The zero-order valence-electron chi connectivity index (χ0n) is 12.1. The molecule has 2 heteroatoms. The molecule has 0 fully saturated rings. The Morgan fingerprint density at radius 2 is 1.80 bits per heavy atom. The minimum absolute atomic E-state index is 0.00626. The lowest BCUT2D eigenvalue weighted by Crippen LogP contribution is -2.06. The minimum atomic E-state index is -0.00626. The van der Waals surface area contributed by atoms with Crippen molar-refractivity contribution in [2.75, 3.05) is 5.73 Å². The van der Waals surface area contributed by atoms with Crippen molar-refractivity contribution >= 4 is 11.5 Å². The van der Waals surface area contributed by atoms with Crippen LogP contribution in [-0.2, 0) is 6.42 Å². The summed E-state index contributed by atoms with van der Waals surface area (Å²) in [6.07, 6.45) is 3.43. The Labute approximate surface area is 120 Å². The predicted molar refractivity (Wildman–Crippen MR) is 84.1 cm³/mol. The standard InChI is InChI=1S/C18H21NO/c1-3-4-7-14-9-11-15(12-10-14)18(20)16-8-5-6-13(2)17(16)19/h5-6,8-12H,3-4,7,19H2,1-2H3. The van der Waals surface area contributed by atoms with Gasteiger partial charge in [0.05, 0.1) is 0 Å². The molecule has 0 saturated heterocycles. The molecule has 20 heavy (non-hydrogen) atoms. The Kier molecular flexibility index (Phi) is 4.57. The van der Waals surface area contributed by atoms with E-state index in [2.05, 4.69) is 6.92 Å². The zero-order valence-corrected chi connectivity index (χ0v) is 12.1. The molecular weight excluding hydrogens is 246 g/mol. The number of rotatable bonds is 5. The van der Waals surface area contributed by atoms with Crippen molar-refractivity contribution in [2.24, 2.45) is 0 Å². The Bertz CT molecular complexity index is 599. The third-order valence-electron chi connectivity index (χ3n) is 3.60. The van der Waals surface area contributed by atoms with Crippen molar-refractivity contribution in [3.63, 3.8) is 0 Å². The SMILES string of the molecule is CCCCc1ccc(C(=O)c2cccc(C)c2N)cc1. The molecule has 0 aromatic heterocycles. The van der Waals surface area contributed by atoms with Crippen molar-refractivity contribution < 1.29 is 4.79 Å². The fourth-order valence-electron chi connectivity index (χ4n) is 2.24. The van der Waals surface area contributed by atoms with Gasteiger partial charge in [0.15, 0.2) is 5.78 Å². The normalized spacial score (nSPS) is 10.5. The summed E-state index contributed by atoms with van der Waals surface area (Å²) in [5.74, 6) is -0.00626. The summed E-state index contributed by atoms with van der Waals surface area (Å²) in [6, 6.07) is 13.4. The van der Waals surface area contributed by atoms with E-state index in [-0.39, 0.29) is 5.78 Å². The average molecular weight is 267 g/mol. The third-order valence-corrected chi connectivity index (χ3v) is 3.60. The summed E-state index contributed by atoms with van der Waals surface area (Å²) in [5.41, 5.74) is 10.1. The number of nitrogens with two attached hydrogens (primary N) is 1. The molecule has 104 valence electrons. The molecule has 0 aliphatic rings. The van der Waals surface area contributed by atoms with E-state index in [1.165, 1.54) is 18.4 Å². The average Bonchev–Trinajstić information content (AvgIpc) is 2.48. The van der Waals surface area contributed by atoms with Gasteiger partial charge in [0.25, 0.3) is 0 Å². The van der Waals surface area contributed by atoms with Gasteiger partial charge in [-0.1, -0.05) is 49.7 Å². The number of benzene rings is 2. The van der Waals surface area contributed by atoms with Crippen molar-refractivity contribution in [3.05, 3.63) is 64.7 Å². The fourth-order valence-corrected chi connectivity index (χ4v) is 2.24. The number of hydrogen-bond donors (Lipinski definition) is 1. The van der Waals surface area contributed by atoms with Crippen LogP contribution in [-0.4, -0.2) is 5.78 Å². The lowest BCUT2D eigenvalue weighted by Gasteiger charge is -2.08. The van der Waals surface area contributed by atoms with Crippen LogP contribution in [0.2, 0.25) is 0 Å². The van der Waals surface area contributed by atoms with Gasteiger partial charge in [-0.15, -0.1) is 0 Å². The molecule has 0 amide bonds. The van der Waals surface area contributed by atoms with E-state index in [1.54, 1.807) is 6.07 Å². The molecule has 0 heterocycles. The molecule has 0 aliphatic heterocycles. The highest BCUT2D eigenvalue weighted by Gasteiger charge is 2.13. The quantitative estimate of drug-likeness (QED) is 0.653. The molecule has 0 bridgehead atoms. The van der Waals surface area contributed by atoms with Crippen molar-refractivity contribution in [1.29, 1.82) is 0 Å². The highest BCUT2D eigenvalue weighted by molar-refractivity contribution is 6.12. The first-order valence-corrected chi connectivity index (χ1v) is 7.12. The maximum atomic E-state index is 12.5. The smallest absolute Gasteiger partial charge is 0.195 e. The number of nitrogen functional groups attached to an aromatic ring is 1. The second-order valence-electron chi connectivity index (χ2n) is 5.17. The fraction of sp³-hybridized carbons (Fsp3) is 0.278. The molecule has 0 saturated carbocycles. The first-order valence-electron chi connectivity index (χ1n) is 7.12. The summed E-state index contributed by atoms with van der Waals surface area (Å²) < 4.78 is 0. The number of anilines is 1. The summed E-state index contributed by atoms with van der Waals surface area (Å²) in [4.78, 5) is 12.5. The van der Waals surface area contributed by atoms with Crippen LogP contribution >= 0.6 is 0 Å². The predicted octanol–water partition coefficient (Wildman–Crippen LogP) is 4.15. The van der Waals surface area contributed by atoms with Crippen molar-refractivity contribution in [1.82, 2.24) is 0 Å². The van der Waals surface area contributed by atoms with Crippen LogP contribution in [0.4, 0.5) is 5.69 Å². The van der Waals surface area contributed by atoms with Gasteiger partial charge in [-0.2, -0.15) is 0 Å². The van der Waals surface area contributed by atoms with Gasteiger partial charge in [-0.05, 0) is 37.0 Å². The molecule has 0 radical (unpaired) electrons. The minimum Gasteiger partial charge on any atom is -0.398 e. The number of para-hydroxylation sites is 1. The highest BCUT2D eigenvalue weighted by atomic mass is 16.1. The van der Waals surface area contributed by atoms with Crippen LogP contribution in [0.1, 0.15) is 46.8 Å². The molecule has 2 aromatic rings. The molecular formula is C18H21NO. The second-order valence-corrected chi connectivity index (χ2v) is 5.17. The molecule has 2 N–H and O–H groups in total. The maximum Gasteiger partial charge on any atom is 0.195 e. The lowest BCUT2D eigenvalue weighted by molar-refractivity contribution is 0.103. The largest absolute Gasteiger partial charge is 0.398 e. The third kappa shape index (κ3) is 3.08. The van der Waals surface area contributed by atoms with E-state index in [1.807, 2.05) is 43.3 Å². The molecule has 0 unspecified atom stereocenters. The van der Waals surface area contributed by atoms with Crippen LogP contribution in [0.25, 0.3) is 0 Å². The second kappa shape index (κ2) is 6.38. The van der Waals surface area contributed by atoms with Crippen LogP contribution in [0.15, 0.2) is 42.5 Å². The van der Waals surface area contributed by atoms with Gasteiger partial charge in [-0.3, -0.25) is 4.79 Å². The van der Waals surface area contributed by atoms with Gasteiger partial charge < -0.3 is 5.73 Å². The van der Waals surface area contributed by atoms with Crippen molar-refractivity contribution in [3.8, 4) is 0 Å². The summed E-state index contributed by atoms with van der Waals surface area (Å²) >= 11 is 0. The number of ketones is 1.